The van der Waals surface area contributed by atoms with Gasteiger partial charge < -0.3 is 10.1 Å². The summed E-state index contributed by atoms with van der Waals surface area (Å²) in [6.45, 7) is 8.40. The zero-order chi connectivity index (χ0) is 18.1. The number of hydrogen-bond acceptors (Lipinski definition) is 3. The smallest absolute Gasteiger partial charge is 0.310 e. The molecule has 0 unspecified atom stereocenters. The van der Waals surface area contributed by atoms with Gasteiger partial charge in [-0.1, -0.05) is 49.4 Å². The molecule has 3 heteroatoms. The second-order valence-electron chi connectivity index (χ2n) is 8.84. The Labute approximate surface area is 157 Å². The third-order valence-electron chi connectivity index (χ3n) is 7.12. The number of benzene rings is 1. The Morgan fingerprint density at radius 1 is 1.31 bits per heavy atom. The summed E-state index contributed by atoms with van der Waals surface area (Å²) in [6.07, 6.45) is 6.86. The third kappa shape index (κ3) is 3.34. The molecule has 26 heavy (non-hydrogen) atoms. The second-order valence-corrected chi connectivity index (χ2v) is 8.84. The van der Waals surface area contributed by atoms with Crippen LogP contribution in [-0.2, 0) is 16.0 Å². The lowest BCUT2D eigenvalue weighted by molar-refractivity contribution is -0.146. The van der Waals surface area contributed by atoms with Gasteiger partial charge in [-0.25, -0.2) is 0 Å². The Morgan fingerprint density at radius 2 is 2.12 bits per heavy atom. The van der Waals surface area contributed by atoms with E-state index in [2.05, 4.69) is 43.1 Å². The molecule has 1 saturated heterocycles. The number of hydrogen-bond donors (Lipinski definition) is 1. The van der Waals surface area contributed by atoms with E-state index in [0.717, 1.165) is 38.8 Å². The molecular weight excluding hydrogens is 322 g/mol. The van der Waals surface area contributed by atoms with Crippen LogP contribution in [-0.4, -0.2) is 25.2 Å². The van der Waals surface area contributed by atoms with Crippen LogP contribution in [0.3, 0.4) is 0 Å². The fraction of sp³-hybridized carbons (Fsp3) is 0.609. The fourth-order valence-electron chi connectivity index (χ4n) is 5.62. The minimum Gasteiger partial charge on any atom is -0.462 e. The molecule has 2 aliphatic carbocycles. The second kappa shape index (κ2) is 7.19. The van der Waals surface area contributed by atoms with Crippen LogP contribution in [0.2, 0.25) is 0 Å². The summed E-state index contributed by atoms with van der Waals surface area (Å²) in [5, 5.41) is 3.51. The monoisotopic (exact) mass is 353 g/mol. The van der Waals surface area contributed by atoms with E-state index >= 15 is 0 Å². The quantitative estimate of drug-likeness (QED) is 0.491. The van der Waals surface area contributed by atoms with Crippen molar-refractivity contribution in [1.82, 2.24) is 5.32 Å². The molecule has 1 heterocycles. The van der Waals surface area contributed by atoms with Crippen molar-refractivity contribution in [3.63, 3.8) is 0 Å². The highest BCUT2D eigenvalue weighted by Crippen LogP contribution is 2.56. The van der Waals surface area contributed by atoms with E-state index in [1.54, 1.807) is 0 Å². The van der Waals surface area contributed by atoms with Gasteiger partial charge in [0.15, 0.2) is 0 Å². The molecule has 0 aromatic heterocycles. The van der Waals surface area contributed by atoms with Gasteiger partial charge in [0.1, 0.15) is 6.10 Å². The van der Waals surface area contributed by atoms with Gasteiger partial charge in [0.05, 0.1) is 5.92 Å². The highest BCUT2D eigenvalue weighted by molar-refractivity contribution is 5.75. The van der Waals surface area contributed by atoms with Gasteiger partial charge in [-0.05, 0) is 62.0 Å². The molecule has 140 valence electrons. The number of allylic oxidation sites excluding steroid dienone is 1. The van der Waals surface area contributed by atoms with Crippen molar-refractivity contribution in [2.24, 2.45) is 23.2 Å². The van der Waals surface area contributed by atoms with Gasteiger partial charge in [-0.15, -0.1) is 0 Å². The molecule has 0 bridgehead atoms. The number of rotatable bonds is 5. The predicted octanol–water partition coefficient (Wildman–Crippen LogP) is 4.13. The van der Waals surface area contributed by atoms with Crippen LogP contribution in [0.1, 0.15) is 44.6 Å². The van der Waals surface area contributed by atoms with E-state index in [1.165, 1.54) is 24.0 Å². The molecule has 3 fully saturated rings. The van der Waals surface area contributed by atoms with Crippen molar-refractivity contribution in [3.8, 4) is 0 Å². The Bertz CT molecular complexity index is 670. The average molecular weight is 354 g/mol. The van der Waals surface area contributed by atoms with Gasteiger partial charge in [0.2, 0.25) is 0 Å². The summed E-state index contributed by atoms with van der Waals surface area (Å²) < 4.78 is 5.83. The molecule has 0 amide bonds. The van der Waals surface area contributed by atoms with Crippen LogP contribution in [0, 0.1) is 23.2 Å². The molecule has 5 atom stereocenters. The predicted molar refractivity (Wildman–Crippen MR) is 104 cm³/mol. The maximum absolute atomic E-state index is 12.5. The number of carbonyl (C=O) groups excluding carboxylic acids is 1. The topological polar surface area (TPSA) is 38.3 Å². The first-order valence-corrected chi connectivity index (χ1v) is 10.2. The van der Waals surface area contributed by atoms with Gasteiger partial charge >= 0.3 is 5.97 Å². The minimum absolute atomic E-state index is 0.00931. The number of fused-ring (bicyclic) bond motifs is 2. The first kappa shape index (κ1) is 17.8. The van der Waals surface area contributed by atoms with E-state index in [0.29, 0.717) is 11.8 Å². The highest BCUT2D eigenvalue weighted by Gasteiger charge is 2.54. The van der Waals surface area contributed by atoms with Gasteiger partial charge in [-0.3, -0.25) is 4.79 Å². The van der Waals surface area contributed by atoms with E-state index in [4.69, 9.17) is 4.74 Å². The first-order valence-electron chi connectivity index (χ1n) is 10.2. The number of esters is 1. The lowest BCUT2D eigenvalue weighted by Crippen LogP contribution is -2.45. The lowest BCUT2D eigenvalue weighted by atomic mass is 9.55. The van der Waals surface area contributed by atoms with E-state index in [-0.39, 0.29) is 23.4 Å². The number of ether oxygens (including phenoxy) is 1. The molecule has 1 N–H and O–H groups in total. The van der Waals surface area contributed by atoms with E-state index in [9.17, 15) is 4.79 Å². The van der Waals surface area contributed by atoms with Gasteiger partial charge in [0.25, 0.3) is 0 Å². The number of carbonyl (C=O) groups is 1. The molecule has 0 radical (unpaired) electrons. The Balaban J connectivity index is 1.36. The van der Waals surface area contributed by atoms with Crippen LogP contribution in [0.4, 0.5) is 0 Å². The Morgan fingerprint density at radius 3 is 2.92 bits per heavy atom. The standard InChI is InChI=1S/C23H31NO2/c1-16-7-6-11-23(2)14-21-18(13-20(16)23)19(22(25)26-21)15-24-12-10-17-8-4-3-5-9-17/h3-5,8-9,18-21,24H,1,6-7,10-15H2,2H3/t18-,19-,20-,21+,23-/m0/s1. The normalized spacial score (nSPS) is 36.3. The number of nitrogens with one attached hydrogen (secondary N) is 1. The van der Waals surface area contributed by atoms with Crippen LogP contribution < -0.4 is 5.32 Å². The van der Waals surface area contributed by atoms with Gasteiger partial charge in [-0.2, -0.15) is 0 Å². The summed E-state index contributed by atoms with van der Waals surface area (Å²) in [6, 6.07) is 10.5. The van der Waals surface area contributed by atoms with Crippen molar-refractivity contribution >= 4 is 5.97 Å². The van der Waals surface area contributed by atoms with Crippen LogP contribution >= 0.6 is 0 Å². The zero-order valence-corrected chi connectivity index (χ0v) is 15.9. The molecule has 2 saturated carbocycles. The van der Waals surface area contributed by atoms with Crippen molar-refractivity contribution in [2.75, 3.05) is 13.1 Å². The third-order valence-corrected chi connectivity index (χ3v) is 7.12. The van der Waals surface area contributed by atoms with Crippen LogP contribution in [0.5, 0.6) is 0 Å². The summed E-state index contributed by atoms with van der Waals surface area (Å²) >= 11 is 0. The molecule has 4 rings (SSSR count). The van der Waals surface area contributed by atoms with Crippen LogP contribution in [0.15, 0.2) is 42.5 Å². The lowest BCUT2D eigenvalue weighted by Gasteiger charge is -2.50. The summed E-state index contributed by atoms with van der Waals surface area (Å²) in [7, 11) is 0. The van der Waals surface area contributed by atoms with Gasteiger partial charge in [0, 0.05) is 12.5 Å². The molecule has 0 spiro atoms. The SMILES string of the molecule is C=C1CCC[C@@]2(C)C[C@H]3OC(=O)[C@@H](CNCCc4ccccc4)[C@@H]3C[C@@H]12. The average Bonchev–Trinajstić information content (AvgIpc) is 2.92. The zero-order valence-electron chi connectivity index (χ0n) is 15.9. The molecule has 1 aromatic rings. The Kier molecular flexibility index (Phi) is 4.92. The minimum atomic E-state index is 0.00931. The van der Waals surface area contributed by atoms with Crippen molar-refractivity contribution < 1.29 is 9.53 Å². The van der Waals surface area contributed by atoms with Crippen molar-refractivity contribution in [1.29, 1.82) is 0 Å². The molecule has 1 aliphatic heterocycles. The fourth-order valence-corrected chi connectivity index (χ4v) is 5.62. The molecular formula is C23H31NO2. The Hall–Kier alpha value is -1.61. The maximum Gasteiger partial charge on any atom is 0.310 e. The molecule has 3 nitrogen and oxygen atoms in total. The van der Waals surface area contributed by atoms with Crippen molar-refractivity contribution in [2.45, 2.75) is 51.6 Å². The summed E-state index contributed by atoms with van der Waals surface area (Å²) in [4.78, 5) is 12.5. The largest absolute Gasteiger partial charge is 0.462 e. The first-order chi connectivity index (χ1) is 12.6. The maximum atomic E-state index is 12.5. The van der Waals surface area contributed by atoms with E-state index < -0.39 is 0 Å². The summed E-state index contributed by atoms with van der Waals surface area (Å²) in [5.41, 5.74) is 3.03. The van der Waals surface area contributed by atoms with E-state index in [1.807, 2.05) is 6.07 Å². The molecule has 3 aliphatic rings. The van der Waals surface area contributed by atoms with Crippen molar-refractivity contribution in [3.05, 3.63) is 48.0 Å². The highest BCUT2D eigenvalue weighted by atomic mass is 16.6. The summed E-state index contributed by atoms with van der Waals surface area (Å²) in [5.74, 6) is 0.952. The molecule has 1 aromatic carbocycles. The van der Waals surface area contributed by atoms with Crippen LogP contribution in [0.25, 0.3) is 0 Å².